The number of aromatic nitrogens is 6. The quantitative estimate of drug-likeness (QED) is 0.411. The Labute approximate surface area is 184 Å². The van der Waals surface area contributed by atoms with Crippen LogP contribution >= 0.6 is 0 Å². The van der Waals surface area contributed by atoms with Gasteiger partial charge in [-0.2, -0.15) is 5.10 Å². The minimum atomic E-state index is -4.74. The highest BCUT2D eigenvalue weighted by Crippen LogP contribution is 2.30. The van der Waals surface area contributed by atoms with Crippen molar-refractivity contribution in [1.29, 1.82) is 0 Å². The Bertz CT molecular complexity index is 1460. The summed E-state index contributed by atoms with van der Waals surface area (Å²) in [5.74, 6) is 1.11. The first-order chi connectivity index (χ1) is 15.8. The second kappa shape index (κ2) is 7.65. The van der Waals surface area contributed by atoms with E-state index in [4.69, 9.17) is 4.74 Å². The second-order valence-electron chi connectivity index (χ2n) is 7.13. The van der Waals surface area contributed by atoms with Crippen LogP contribution in [0.1, 0.15) is 0 Å². The molecule has 2 aromatic carbocycles. The van der Waals surface area contributed by atoms with Crippen LogP contribution in [0.2, 0.25) is 0 Å². The molecular weight excluding hydrogens is 439 g/mol. The number of nitrogens with one attached hydrogen (secondary N) is 1. The van der Waals surface area contributed by atoms with Crippen LogP contribution in [0.3, 0.4) is 0 Å². The largest absolute Gasteiger partial charge is 0.573 e. The van der Waals surface area contributed by atoms with Crippen LogP contribution in [-0.2, 0) is 14.1 Å². The topological polar surface area (TPSA) is 91.9 Å². The zero-order valence-electron chi connectivity index (χ0n) is 17.3. The molecule has 0 radical (unpaired) electrons. The lowest BCUT2D eigenvalue weighted by atomic mass is 10.3. The van der Waals surface area contributed by atoms with Crippen molar-refractivity contribution in [2.75, 3.05) is 5.32 Å². The Morgan fingerprint density at radius 2 is 1.73 bits per heavy atom. The van der Waals surface area contributed by atoms with Gasteiger partial charge in [0.15, 0.2) is 5.65 Å². The Balaban J connectivity index is 1.39. The highest BCUT2D eigenvalue weighted by atomic mass is 19.4. The number of hydrogen-bond acceptors (Lipinski definition) is 7. The van der Waals surface area contributed by atoms with Gasteiger partial charge in [-0.05, 0) is 36.4 Å². The van der Waals surface area contributed by atoms with E-state index < -0.39 is 6.36 Å². The van der Waals surface area contributed by atoms with E-state index in [0.717, 1.165) is 5.52 Å². The number of benzene rings is 2. The van der Waals surface area contributed by atoms with E-state index in [0.29, 0.717) is 39.8 Å². The van der Waals surface area contributed by atoms with Crippen LogP contribution in [0, 0.1) is 0 Å². The fourth-order valence-electron chi connectivity index (χ4n) is 3.36. The third-order valence-electron chi connectivity index (χ3n) is 4.90. The van der Waals surface area contributed by atoms with Gasteiger partial charge in [-0.3, -0.25) is 4.68 Å². The standard InChI is InChI=1S/C21H16F3N7O2/c1-30-17-8-7-14(32-19-15-10-27-31(2)18(15)25-11-26-19)9-16(17)29-20(30)28-12-3-5-13(6-4-12)33-21(22,23)24/h3-11H,1-2H3,(H,28,29). The first-order valence-electron chi connectivity index (χ1n) is 9.67. The molecule has 3 heterocycles. The van der Waals surface area contributed by atoms with Crippen molar-refractivity contribution in [3.63, 3.8) is 0 Å². The Kier molecular flexibility index (Phi) is 4.77. The molecule has 0 aliphatic carbocycles. The summed E-state index contributed by atoms with van der Waals surface area (Å²) < 4.78 is 50.3. The number of nitrogens with zero attached hydrogens (tertiary/aromatic N) is 6. The Hall–Kier alpha value is -4.35. The van der Waals surface area contributed by atoms with Crippen LogP contribution in [-0.4, -0.2) is 35.7 Å². The number of hydrogen-bond donors (Lipinski definition) is 1. The Morgan fingerprint density at radius 1 is 0.970 bits per heavy atom. The van der Waals surface area contributed by atoms with Crippen molar-refractivity contribution in [2.24, 2.45) is 14.1 Å². The van der Waals surface area contributed by atoms with Gasteiger partial charge >= 0.3 is 6.36 Å². The fraction of sp³-hybridized carbons (Fsp3) is 0.143. The summed E-state index contributed by atoms with van der Waals surface area (Å²) in [6, 6.07) is 10.8. The van der Waals surface area contributed by atoms with Crippen molar-refractivity contribution >= 4 is 33.7 Å². The average molecular weight is 455 g/mol. The van der Waals surface area contributed by atoms with Crippen molar-refractivity contribution in [1.82, 2.24) is 29.3 Å². The summed E-state index contributed by atoms with van der Waals surface area (Å²) in [4.78, 5) is 13.0. The van der Waals surface area contributed by atoms with Gasteiger partial charge in [0.05, 0.1) is 17.2 Å². The van der Waals surface area contributed by atoms with Crippen molar-refractivity contribution in [3.05, 3.63) is 55.0 Å². The van der Waals surface area contributed by atoms with Crippen molar-refractivity contribution in [3.8, 4) is 17.4 Å². The molecule has 168 valence electrons. The molecule has 5 aromatic rings. The number of anilines is 2. The molecule has 3 aromatic heterocycles. The number of ether oxygens (including phenoxy) is 2. The molecule has 5 rings (SSSR count). The molecule has 0 atom stereocenters. The van der Waals surface area contributed by atoms with E-state index >= 15 is 0 Å². The van der Waals surface area contributed by atoms with Gasteiger partial charge in [0.2, 0.25) is 11.8 Å². The monoisotopic (exact) mass is 455 g/mol. The number of alkyl halides is 3. The minimum Gasteiger partial charge on any atom is -0.438 e. The van der Waals surface area contributed by atoms with E-state index in [9.17, 15) is 13.2 Å². The lowest BCUT2D eigenvalue weighted by Gasteiger charge is -2.10. The van der Waals surface area contributed by atoms with Gasteiger partial charge in [0.25, 0.3) is 0 Å². The zero-order valence-corrected chi connectivity index (χ0v) is 17.3. The SMILES string of the molecule is Cn1ncc2c(Oc3ccc4c(c3)nc(Nc3ccc(OC(F)(F)F)cc3)n4C)ncnc21. The van der Waals surface area contributed by atoms with Crippen LogP contribution in [0.15, 0.2) is 55.0 Å². The van der Waals surface area contributed by atoms with Crippen molar-refractivity contribution in [2.45, 2.75) is 6.36 Å². The Morgan fingerprint density at radius 3 is 2.48 bits per heavy atom. The molecule has 0 fully saturated rings. The minimum absolute atomic E-state index is 0.299. The van der Waals surface area contributed by atoms with E-state index in [1.807, 2.05) is 17.7 Å². The molecule has 0 amide bonds. The van der Waals surface area contributed by atoms with Gasteiger partial charge in [-0.1, -0.05) is 0 Å². The molecule has 12 heteroatoms. The predicted molar refractivity (Wildman–Crippen MR) is 113 cm³/mol. The van der Waals surface area contributed by atoms with E-state index in [1.165, 1.54) is 30.6 Å². The lowest BCUT2D eigenvalue weighted by molar-refractivity contribution is -0.274. The predicted octanol–water partition coefficient (Wildman–Crippen LogP) is 4.68. The third-order valence-corrected chi connectivity index (χ3v) is 4.90. The maximum Gasteiger partial charge on any atom is 0.573 e. The normalized spacial score (nSPS) is 11.8. The van der Waals surface area contributed by atoms with Crippen LogP contribution < -0.4 is 14.8 Å². The van der Waals surface area contributed by atoms with E-state index in [2.05, 4.69) is 30.1 Å². The van der Waals surface area contributed by atoms with Gasteiger partial charge in [-0.15, -0.1) is 13.2 Å². The summed E-state index contributed by atoms with van der Waals surface area (Å²) in [5.41, 5.74) is 2.69. The molecule has 0 unspecified atom stereocenters. The summed E-state index contributed by atoms with van der Waals surface area (Å²) in [5, 5.41) is 7.94. The summed E-state index contributed by atoms with van der Waals surface area (Å²) in [7, 11) is 3.60. The third kappa shape index (κ3) is 4.10. The van der Waals surface area contributed by atoms with Gasteiger partial charge < -0.3 is 19.4 Å². The van der Waals surface area contributed by atoms with Gasteiger partial charge in [0.1, 0.15) is 23.2 Å². The highest BCUT2D eigenvalue weighted by molar-refractivity contribution is 5.82. The van der Waals surface area contributed by atoms with E-state index in [-0.39, 0.29) is 5.75 Å². The van der Waals surface area contributed by atoms with Gasteiger partial charge in [0, 0.05) is 25.8 Å². The average Bonchev–Trinajstić information content (AvgIpc) is 3.29. The van der Waals surface area contributed by atoms with Crippen molar-refractivity contribution < 1.29 is 22.6 Å². The molecule has 0 spiro atoms. The summed E-state index contributed by atoms with van der Waals surface area (Å²) in [6.45, 7) is 0. The lowest BCUT2D eigenvalue weighted by Crippen LogP contribution is -2.17. The maximum absolute atomic E-state index is 12.3. The van der Waals surface area contributed by atoms with Gasteiger partial charge in [-0.25, -0.2) is 15.0 Å². The smallest absolute Gasteiger partial charge is 0.438 e. The second-order valence-corrected chi connectivity index (χ2v) is 7.13. The van der Waals surface area contributed by atoms with Crippen LogP contribution in [0.4, 0.5) is 24.8 Å². The fourth-order valence-corrected chi connectivity index (χ4v) is 3.36. The molecule has 9 nitrogen and oxygen atoms in total. The molecule has 0 bridgehead atoms. The molecule has 0 saturated heterocycles. The summed E-state index contributed by atoms with van der Waals surface area (Å²) in [6.07, 6.45) is -1.69. The molecular formula is C21H16F3N7O2. The molecule has 0 aliphatic heterocycles. The highest BCUT2D eigenvalue weighted by Gasteiger charge is 2.31. The summed E-state index contributed by atoms with van der Waals surface area (Å²) >= 11 is 0. The zero-order chi connectivity index (χ0) is 23.2. The molecule has 0 saturated carbocycles. The molecule has 33 heavy (non-hydrogen) atoms. The molecule has 1 N–H and O–H groups in total. The first kappa shape index (κ1) is 20.5. The number of halogens is 3. The number of imidazole rings is 1. The van der Waals surface area contributed by atoms with Crippen LogP contribution in [0.25, 0.3) is 22.1 Å². The van der Waals surface area contributed by atoms with E-state index in [1.54, 1.807) is 30.1 Å². The number of fused-ring (bicyclic) bond motifs is 2. The van der Waals surface area contributed by atoms with Crippen LogP contribution in [0.5, 0.6) is 17.4 Å². The maximum atomic E-state index is 12.3. The first-order valence-corrected chi connectivity index (χ1v) is 9.67. The number of aryl methyl sites for hydroxylation is 2. The molecule has 0 aliphatic rings. The number of rotatable bonds is 5.